The SMILES string of the molecule is CC(C)(C)CCN1C(=O)c2ccc(N)cc2S1(=O)=O. The van der Waals surface area contributed by atoms with E-state index in [1.165, 1.54) is 12.1 Å². The van der Waals surface area contributed by atoms with Crippen molar-refractivity contribution in [3.05, 3.63) is 23.8 Å². The molecular formula is C13H18N2O3S. The largest absolute Gasteiger partial charge is 0.399 e. The van der Waals surface area contributed by atoms with E-state index in [4.69, 9.17) is 5.73 Å². The Morgan fingerprint density at radius 2 is 1.89 bits per heavy atom. The second-order valence-electron chi connectivity index (χ2n) is 5.95. The van der Waals surface area contributed by atoms with Crippen LogP contribution in [0, 0.1) is 5.41 Å². The van der Waals surface area contributed by atoms with Gasteiger partial charge in [-0.3, -0.25) is 4.79 Å². The van der Waals surface area contributed by atoms with Gasteiger partial charge in [-0.1, -0.05) is 20.8 Å². The third-order valence-electron chi connectivity index (χ3n) is 3.10. The van der Waals surface area contributed by atoms with E-state index < -0.39 is 15.9 Å². The number of anilines is 1. The molecule has 0 unspecified atom stereocenters. The molecule has 0 atom stereocenters. The molecule has 0 bridgehead atoms. The van der Waals surface area contributed by atoms with Gasteiger partial charge in [0.05, 0.1) is 5.56 Å². The predicted octanol–water partition coefficient (Wildman–Crippen LogP) is 1.85. The molecule has 1 aromatic carbocycles. The maximum atomic E-state index is 12.3. The number of carbonyl (C=O) groups excluding carboxylic acids is 1. The van der Waals surface area contributed by atoms with Crippen molar-refractivity contribution in [2.45, 2.75) is 32.1 Å². The maximum Gasteiger partial charge on any atom is 0.269 e. The molecule has 0 saturated heterocycles. The normalized spacial score (nSPS) is 17.6. The highest BCUT2D eigenvalue weighted by atomic mass is 32.2. The van der Waals surface area contributed by atoms with Gasteiger partial charge in [0.15, 0.2) is 0 Å². The zero-order valence-electron chi connectivity index (χ0n) is 11.3. The first kappa shape index (κ1) is 13.9. The fourth-order valence-corrected chi connectivity index (χ4v) is 3.55. The van der Waals surface area contributed by atoms with Gasteiger partial charge in [-0.05, 0) is 30.0 Å². The fraction of sp³-hybridized carbons (Fsp3) is 0.462. The molecule has 19 heavy (non-hydrogen) atoms. The van der Waals surface area contributed by atoms with Crippen molar-refractivity contribution in [3.63, 3.8) is 0 Å². The minimum Gasteiger partial charge on any atom is -0.399 e. The number of carbonyl (C=O) groups is 1. The highest BCUT2D eigenvalue weighted by molar-refractivity contribution is 7.90. The summed E-state index contributed by atoms with van der Waals surface area (Å²) in [6, 6.07) is 4.36. The summed E-state index contributed by atoms with van der Waals surface area (Å²) < 4.78 is 25.6. The lowest BCUT2D eigenvalue weighted by atomic mass is 9.92. The van der Waals surface area contributed by atoms with Gasteiger partial charge in [0.2, 0.25) is 0 Å². The Morgan fingerprint density at radius 3 is 2.47 bits per heavy atom. The Balaban J connectivity index is 2.38. The van der Waals surface area contributed by atoms with E-state index in [1.54, 1.807) is 6.07 Å². The van der Waals surface area contributed by atoms with Crippen LogP contribution in [0.5, 0.6) is 0 Å². The first-order valence-electron chi connectivity index (χ1n) is 6.09. The Morgan fingerprint density at radius 1 is 1.26 bits per heavy atom. The number of rotatable bonds is 2. The molecule has 6 heteroatoms. The minimum absolute atomic E-state index is 0.0198. The smallest absolute Gasteiger partial charge is 0.269 e. The first-order chi connectivity index (χ1) is 8.63. The summed E-state index contributed by atoms with van der Waals surface area (Å²) in [7, 11) is -3.74. The zero-order valence-corrected chi connectivity index (χ0v) is 12.1. The van der Waals surface area contributed by atoms with Crippen LogP contribution in [-0.2, 0) is 10.0 Å². The number of hydrogen-bond acceptors (Lipinski definition) is 4. The monoisotopic (exact) mass is 282 g/mol. The summed E-state index contributed by atoms with van der Waals surface area (Å²) >= 11 is 0. The molecule has 0 aliphatic carbocycles. The van der Waals surface area contributed by atoms with Gasteiger partial charge in [-0.15, -0.1) is 0 Å². The van der Waals surface area contributed by atoms with Crippen LogP contribution in [0.25, 0.3) is 0 Å². The molecule has 0 aromatic heterocycles. The number of fused-ring (bicyclic) bond motifs is 1. The van der Waals surface area contributed by atoms with Crippen LogP contribution in [0.4, 0.5) is 5.69 Å². The van der Waals surface area contributed by atoms with E-state index in [1.807, 2.05) is 20.8 Å². The summed E-state index contributed by atoms with van der Waals surface area (Å²) in [5.41, 5.74) is 6.11. The van der Waals surface area contributed by atoms with E-state index in [0.717, 1.165) is 4.31 Å². The van der Waals surface area contributed by atoms with Crippen molar-refractivity contribution < 1.29 is 13.2 Å². The van der Waals surface area contributed by atoms with Crippen LogP contribution in [0.3, 0.4) is 0 Å². The number of nitrogen functional groups attached to an aromatic ring is 1. The summed E-state index contributed by atoms with van der Waals surface area (Å²) in [5, 5.41) is 0. The molecule has 2 N–H and O–H groups in total. The Hall–Kier alpha value is -1.56. The Labute approximate surface area is 113 Å². The first-order valence-corrected chi connectivity index (χ1v) is 7.53. The van der Waals surface area contributed by atoms with Crippen molar-refractivity contribution in [3.8, 4) is 0 Å². The second kappa shape index (κ2) is 4.23. The lowest BCUT2D eigenvalue weighted by Gasteiger charge is -2.22. The van der Waals surface area contributed by atoms with Gasteiger partial charge in [-0.2, -0.15) is 0 Å². The third kappa shape index (κ3) is 2.45. The molecule has 5 nitrogen and oxygen atoms in total. The number of nitrogens with zero attached hydrogens (tertiary/aromatic N) is 1. The van der Waals surface area contributed by atoms with Crippen LogP contribution >= 0.6 is 0 Å². The van der Waals surface area contributed by atoms with Gasteiger partial charge < -0.3 is 5.73 Å². The quantitative estimate of drug-likeness (QED) is 0.839. The fourth-order valence-electron chi connectivity index (χ4n) is 1.95. The molecule has 1 heterocycles. The Kier molecular flexibility index (Phi) is 3.09. The molecule has 1 aliphatic rings. The molecular weight excluding hydrogens is 264 g/mol. The van der Waals surface area contributed by atoms with Crippen LogP contribution in [-0.4, -0.2) is 25.2 Å². The van der Waals surface area contributed by atoms with Gasteiger partial charge in [0.25, 0.3) is 15.9 Å². The molecule has 104 valence electrons. The van der Waals surface area contributed by atoms with Gasteiger partial charge in [0.1, 0.15) is 4.90 Å². The summed E-state index contributed by atoms with van der Waals surface area (Å²) in [6.45, 7) is 6.21. The Bertz CT molecular complexity index is 630. The molecule has 1 amide bonds. The van der Waals surface area contributed by atoms with Crippen molar-refractivity contribution in [2.24, 2.45) is 5.41 Å². The highest BCUT2D eigenvalue weighted by Gasteiger charge is 2.41. The van der Waals surface area contributed by atoms with Crippen molar-refractivity contribution in [2.75, 3.05) is 12.3 Å². The van der Waals surface area contributed by atoms with E-state index in [-0.39, 0.29) is 22.4 Å². The zero-order chi connectivity index (χ0) is 14.4. The molecule has 0 saturated carbocycles. The van der Waals surface area contributed by atoms with Crippen LogP contribution in [0.15, 0.2) is 23.1 Å². The van der Waals surface area contributed by atoms with Crippen LogP contribution in [0.2, 0.25) is 0 Å². The lowest BCUT2D eigenvalue weighted by Crippen LogP contribution is -2.32. The molecule has 1 aliphatic heterocycles. The second-order valence-corrected chi connectivity index (χ2v) is 7.78. The van der Waals surface area contributed by atoms with E-state index in [9.17, 15) is 13.2 Å². The van der Waals surface area contributed by atoms with Gasteiger partial charge in [0, 0.05) is 12.2 Å². The minimum atomic E-state index is -3.74. The molecule has 1 aromatic rings. The maximum absolute atomic E-state index is 12.3. The molecule has 2 rings (SSSR count). The van der Waals surface area contributed by atoms with Crippen molar-refractivity contribution >= 4 is 21.6 Å². The number of nitrogens with two attached hydrogens (primary N) is 1. The lowest BCUT2D eigenvalue weighted by molar-refractivity contribution is 0.0862. The summed E-state index contributed by atoms with van der Waals surface area (Å²) in [6.07, 6.45) is 0.613. The van der Waals surface area contributed by atoms with E-state index >= 15 is 0 Å². The number of benzene rings is 1. The highest BCUT2D eigenvalue weighted by Crippen LogP contribution is 2.33. The molecule has 0 fully saturated rings. The predicted molar refractivity (Wildman–Crippen MR) is 73.1 cm³/mol. The standard InChI is InChI=1S/C13H18N2O3S/c1-13(2,3)6-7-15-12(16)10-5-4-9(14)8-11(10)19(15,17)18/h4-5,8H,6-7,14H2,1-3H3. The van der Waals surface area contributed by atoms with Crippen LogP contribution < -0.4 is 5.73 Å². The van der Waals surface area contributed by atoms with Crippen molar-refractivity contribution in [1.82, 2.24) is 4.31 Å². The summed E-state index contributed by atoms with van der Waals surface area (Å²) in [5.74, 6) is -0.459. The van der Waals surface area contributed by atoms with Gasteiger partial charge in [-0.25, -0.2) is 12.7 Å². The molecule has 0 spiro atoms. The average molecular weight is 282 g/mol. The third-order valence-corrected chi connectivity index (χ3v) is 4.92. The van der Waals surface area contributed by atoms with Gasteiger partial charge >= 0.3 is 0 Å². The van der Waals surface area contributed by atoms with Crippen LogP contribution in [0.1, 0.15) is 37.6 Å². The van der Waals surface area contributed by atoms with E-state index in [2.05, 4.69) is 0 Å². The average Bonchev–Trinajstić information content (AvgIpc) is 2.44. The number of amides is 1. The summed E-state index contributed by atoms with van der Waals surface area (Å²) in [4.78, 5) is 12.2. The number of hydrogen-bond donors (Lipinski definition) is 1. The number of sulfonamides is 1. The van der Waals surface area contributed by atoms with E-state index in [0.29, 0.717) is 12.1 Å². The molecule has 0 radical (unpaired) electrons. The van der Waals surface area contributed by atoms with Crippen molar-refractivity contribution in [1.29, 1.82) is 0 Å². The topological polar surface area (TPSA) is 80.5 Å².